The van der Waals surface area contributed by atoms with Gasteiger partial charge in [0.05, 0.1) is 11.6 Å². The SMILES string of the molecule is CCOc1nc(NC)nc(Oc2ccc(Br)cc2Cl)n1. The average Bonchev–Trinajstić information content (AvgIpc) is 2.42. The Balaban J connectivity index is 2.29. The van der Waals surface area contributed by atoms with E-state index in [1.165, 1.54) is 0 Å². The van der Waals surface area contributed by atoms with Gasteiger partial charge in [-0.3, -0.25) is 0 Å². The van der Waals surface area contributed by atoms with Crippen LogP contribution in [0.2, 0.25) is 5.02 Å². The van der Waals surface area contributed by atoms with Crippen molar-refractivity contribution < 1.29 is 9.47 Å². The average molecular weight is 360 g/mol. The van der Waals surface area contributed by atoms with Crippen molar-refractivity contribution in [2.75, 3.05) is 19.0 Å². The summed E-state index contributed by atoms with van der Waals surface area (Å²) in [5, 5.41) is 3.26. The molecule has 0 unspecified atom stereocenters. The Kier molecular flexibility index (Phi) is 4.97. The van der Waals surface area contributed by atoms with Crippen LogP contribution >= 0.6 is 27.5 Å². The zero-order valence-electron chi connectivity index (χ0n) is 10.9. The number of anilines is 1. The van der Waals surface area contributed by atoms with E-state index in [-0.39, 0.29) is 12.0 Å². The molecule has 1 N–H and O–H groups in total. The smallest absolute Gasteiger partial charge is 0.330 e. The van der Waals surface area contributed by atoms with Gasteiger partial charge in [0.25, 0.3) is 0 Å². The minimum absolute atomic E-state index is 0.108. The van der Waals surface area contributed by atoms with Gasteiger partial charge in [-0.2, -0.15) is 9.97 Å². The van der Waals surface area contributed by atoms with Gasteiger partial charge in [0.2, 0.25) is 5.95 Å². The standard InChI is InChI=1S/C12H12BrClN4O2/c1-3-19-11-16-10(15-2)17-12(18-11)20-9-5-4-7(13)6-8(9)14/h4-6H,3H2,1-2H3,(H,15,16,17,18). The Morgan fingerprint density at radius 1 is 1.25 bits per heavy atom. The molecule has 0 bridgehead atoms. The quantitative estimate of drug-likeness (QED) is 0.881. The lowest BCUT2D eigenvalue weighted by Gasteiger charge is -2.08. The van der Waals surface area contributed by atoms with Crippen molar-refractivity contribution >= 4 is 33.5 Å². The molecule has 0 aliphatic heterocycles. The predicted molar refractivity (Wildman–Crippen MR) is 79.8 cm³/mol. The molecule has 0 spiro atoms. The molecular weight excluding hydrogens is 348 g/mol. The van der Waals surface area contributed by atoms with Crippen molar-refractivity contribution in [3.05, 3.63) is 27.7 Å². The Labute approximate surface area is 129 Å². The molecule has 1 aromatic heterocycles. The highest BCUT2D eigenvalue weighted by molar-refractivity contribution is 9.10. The summed E-state index contributed by atoms with van der Waals surface area (Å²) in [7, 11) is 1.70. The molecule has 0 aliphatic rings. The van der Waals surface area contributed by atoms with Gasteiger partial charge in [-0.05, 0) is 25.1 Å². The maximum absolute atomic E-state index is 6.08. The zero-order valence-corrected chi connectivity index (χ0v) is 13.2. The summed E-state index contributed by atoms with van der Waals surface area (Å²) in [6.45, 7) is 2.29. The molecule has 2 rings (SSSR count). The van der Waals surface area contributed by atoms with Gasteiger partial charge in [-0.15, -0.1) is 4.98 Å². The van der Waals surface area contributed by atoms with Gasteiger partial charge in [-0.25, -0.2) is 0 Å². The van der Waals surface area contributed by atoms with Crippen molar-refractivity contribution in [1.29, 1.82) is 0 Å². The first kappa shape index (κ1) is 14.8. The number of ether oxygens (including phenoxy) is 2. The molecule has 106 valence electrons. The molecular formula is C12H12BrClN4O2. The monoisotopic (exact) mass is 358 g/mol. The molecule has 6 nitrogen and oxygen atoms in total. The van der Waals surface area contributed by atoms with Crippen LogP contribution in [0.1, 0.15) is 6.92 Å². The van der Waals surface area contributed by atoms with Gasteiger partial charge < -0.3 is 14.8 Å². The van der Waals surface area contributed by atoms with Crippen LogP contribution in [0.15, 0.2) is 22.7 Å². The van der Waals surface area contributed by atoms with Gasteiger partial charge in [0, 0.05) is 11.5 Å². The van der Waals surface area contributed by atoms with Crippen LogP contribution in [0.25, 0.3) is 0 Å². The molecule has 0 saturated carbocycles. The topological polar surface area (TPSA) is 69.2 Å². The molecule has 20 heavy (non-hydrogen) atoms. The molecule has 0 saturated heterocycles. The molecule has 2 aromatic rings. The van der Waals surface area contributed by atoms with Crippen LogP contribution in [0.5, 0.6) is 17.8 Å². The van der Waals surface area contributed by atoms with Crippen molar-refractivity contribution in [2.45, 2.75) is 6.92 Å². The Bertz CT molecular complexity index is 612. The second kappa shape index (κ2) is 6.71. The molecule has 8 heteroatoms. The number of benzene rings is 1. The summed E-state index contributed by atoms with van der Waals surface area (Å²) in [6.07, 6.45) is 0. The number of nitrogens with one attached hydrogen (secondary N) is 1. The predicted octanol–water partition coefficient (Wildman–Crippen LogP) is 3.52. The molecule has 0 fully saturated rings. The van der Waals surface area contributed by atoms with Gasteiger partial charge >= 0.3 is 12.0 Å². The number of hydrogen-bond acceptors (Lipinski definition) is 6. The molecule has 0 amide bonds. The van der Waals surface area contributed by atoms with E-state index in [9.17, 15) is 0 Å². The minimum atomic E-state index is 0.108. The molecule has 0 aliphatic carbocycles. The Morgan fingerprint density at radius 3 is 2.65 bits per heavy atom. The van der Waals surface area contributed by atoms with Gasteiger partial charge in [0.15, 0.2) is 0 Å². The highest BCUT2D eigenvalue weighted by Gasteiger charge is 2.10. The van der Waals surface area contributed by atoms with Crippen LogP contribution < -0.4 is 14.8 Å². The van der Waals surface area contributed by atoms with E-state index in [0.29, 0.717) is 23.3 Å². The van der Waals surface area contributed by atoms with Crippen LogP contribution in [0, 0.1) is 0 Å². The lowest BCUT2D eigenvalue weighted by Crippen LogP contribution is -2.05. The summed E-state index contributed by atoms with van der Waals surface area (Å²) >= 11 is 9.41. The number of nitrogens with zero attached hydrogens (tertiary/aromatic N) is 3. The van der Waals surface area contributed by atoms with Gasteiger partial charge in [-0.1, -0.05) is 27.5 Å². The fourth-order valence-electron chi connectivity index (χ4n) is 1.35. The van der Waals surface area contributed by atoms with E-state index in [4.69, 9.17) is 21.1 Å². The van der Waals surface area contributed by atoms with E-state index in [1.807, 2.05) is 13.0 Å². The molecule has 1 aromatic carbocycles. The normalized spacial score (nSPS) is 10.2. The van der Waals surface area contributed by atoms with Crippen molar-refractivity contribution in [2.24, 2.45) is 0 Å². The number of rotatable bonds is 5. The molecule has 1 heterocycles. The van der Waals surface area contributed by atoms with E-state index in [0.717, 1.165) is 4.47 Å². The van der Waals surface area contributed by atoms with Crippen LogP contribution in [0.3, 0.4) is 0 Å². The number of halogens is 2. The summed E-state index contributed by atoms with van der Waals surface area (Å²) in [6, 6.07) is 5.55. The third-order valence-electron chi connectivity index (χ3n) is 2.19. The largest absolute Gasteiger partial charge is 0.464 e. The lowest BCUT2D eigenvalue weighted by atomic mass is 10.3. The second-order valence-corrected chi connectivity index (χ2v) is 4.91. The van der Waals surface area contributed by atoms with Crippen molar-refractivity contribution in [3.63, 3.8) is 0 Å². The van der Waals surface area contributed by atoms with Crippen molar-refractivity contribution in [1.82, 2.24) is 15.0 Å². The molecule has 0 radical (unpaired) electrons. The first-order valence-corrected chi connectivity index (χ1v) is 6.99. The highest BCUT2D eigenvalue weighted by atomic mass is 79.9. The number of aromatic nitrogens is 3. The summed E-state index contributed by atoms with van der Waals surface area (Å²) in [5.74, 6) is 0.803. The lowest BCUT2D eigenvalue weighted by molar-refractivity contribution is 0.304. The van der Waals surface area contributed by atoms with E-state index >= 15 is 0 Å². The van der Waals surface area contributed by atoms with Crippen LogP contribution in [-0.4, -0.2) is 28.6 Å². The van der Waals surface area contributed by atoms with Gasteiger partial charge in [0.1, 0.15) is 5.75 Å². The third kappa shape index (κ3) is 3.71. The number of hydrogen-bond donors (Lipinski definition) is 1. The Hall–Kier alpha value is -1.60. The first-order chi connectivity index (χ1) is 9.62. The maximum Gasteiger partial charge on any atom is 0.330 e. The maximum atomic E-state index is 6.08. The fraction of sp³-hybridized carbons (Fsp3) is 0.250. The van der Waals surface area contributed by atoms with Crippen molar-refractivity contribution in [3.8, 4) is 17.8 Å². The van der Waals surface area contributed by atoms with E-state index < -0.39 is 0 Å². The minimum Gasteiger partial charge on any atom is -0.464 e. The summed E-state index contributed by atoms with van der Waals surface area (Å²) in [4.78, 5) is 12.2. The van der Waals surface area contributed by atoms with E-state index in [2.05, 4.69) is 36.2 Å². The zero-order chi connectivity index (χ0) is 14.5. The third-order valence-corrected chi connectivity index (χ3v) is 2.98. The van der Waals surface area contributed by atoms with Crippen LogP contribution in [-0.2, 0) is 0 Å². The summed E-state index contributed by atoms with van der Waals surface area (Å²) in [5.41, 5.74) is 0. The fourth-order valence-corrected chi connectivity index (χ4v) is 2.06. The van der Waals surface area contributed by atoms with Crippen LogP contribution in [0.4, 0.5) is 5.95 Å². The Morgan fingerprint density at radius 2 is 2.00 bits per heavy atom. The second-order valence-electron chi connectivity index (χ2n) is 3.58. The first-order valence-electron chi connectivity index (χ1n) is 5.82. The summed E-state index contributed by atoms with van der Waals surface area (Å²) < 4.78 is 11.7. The molecule has 0 atom stereocenters. The highest BCUT2D eigenvalue weighted by Crippen LogP contribution is 2.30. The van der Waals surface area contributed by atoms with E-state index in [1.54, 1.807) is 19.2 Å².